The van der Waals surface area contributed by atoms with Crippen LogP contribution < -0.4 is 11.1 Å². The number of hydrogen-bond donors (Lipinski definition) is 2. The Bertz CT molecular complexity index is 555. The van der Waals surface area contributed by atoms with Crippen LogP contribution in [0.4, 0.5) is 0 Å². The van der Waals surface area contributed by atoms with Crippen molar-refractivity contribution in [1.82, 2.24) is 5.32 Å². The van der Waals surface area contributed by atoms with Gasteiger partial charge in [0.25, 0.3) is 5.91 Å². The van der Waals surface area contributed by atoms with Crippen LogP contribution in [0, 0.1) is 18.8 Å². The minimum absolute atomic E-state index is 0.00684. The summed E-state index contributed by atoms with van der Waals surface area (Å²) in [5, 5.41) is 2.91. The third kappa shape index (κ3) is 5.45. The normalized spacial score (nSPS) is 13.2. The van der Waals surface area contributed by atoms with Crippen LogP contribution in [0.2, 0.25) is 0 Å². The molecule has 4 nitrogen and oxygen atoms in total. The molecule has 1 rings (SSSR count). The van der Waals surface area contributed by atoms with Gasteiger partial charge in [0.1, 0.15) is 0 Å². The maximum Gasteiger partial charge on any atom is 0.261 e. The van der Waals surface area contributed by atoms with Gasteiger partial charge in [-0.2, -0.15) is 0 Å². The van der Waals surface area contributed by atoms with Crippen molar-refractivity contribution in [1.29, 1.82) is 0 Å². The van der Waals surface area contributed by atoms with Crippen molar-refractivity contribution in [3.8, 4) is 11.8 Å². The number of aryl methyl sites for hydroxylation is 1. The molecule has 0 fully saturated rings. The van der Waals surface area contributed by atoms with Crippen LogP contribution in [0.1, 0.15) is 33.5 Å². The van der Waals surface area contributed by atoms with Crippen molar-refractivity contribution in [3.05, 3.63) is 21.4 Å². The molecule has 2 unspecified atom stereocenters. The molecule has 0 spiro atoms. The van der Waals surface area contributed by atoms with Gasteiger partial charge in [-0.25, -0.2) is 0 Å². The topological polar surface area (TPSA) is 72.2 Å². The summed E-state index contributed by atoms with van der Waals surface area (Å²) >= 11 is 1.37. The zero-order valence-corrected chi connectivity index (χ0v) is 13.6. The average molecular weight is 312 g/mol. The molecule has 0 aliphatic heterocycles. The lowest BCUT2D eigenvalue weighted by Gasteiger charge is -2.11. The van der Waals surface area contributed by atoms with E-state index in [-0.39, 0.29) is 11.9 Å². The Balaban J connectivity index is 2.66. The van der Waals surface area contributed by atoms with Gasteiger partial charge in [0.05, 0.1) is 16.3 Å². The summed E-state index contributed by atoms with van der Waals surface area (Å²) in [6.45, 7) is 4.15. The number of amides is 1. The minimum Gasteiger partial charge on any atom is -0.349 e. The van der Waals surface area contributed by atoms with Gasteiger partial charge in [-0.15, -0.1) is 11.3 Å². The first-order valence-corrected chi connectivity index (χ1v) is 8.88. The van der Waals surface area contributed by atoms with Crippen LogP contribution in [0.25, 0.3) is 0 Å². The molecule has 3 N–H and O–H groups in total. The molecule has 0 saturated heterocycles. The number of rotatable bonds is 5. The predicted molar refractivity (Wildman–Crippen MR) is 85.5 cm³/mol. The van der Waals surface area contributed by atoms with Crippen molar-refractivity contribution in [2.24, 2.45) is 5.73 Å². The van der Waals surface area contributed by atoms with E-state index >= 15 is 0 Å². The second-order valence-corrected chi connectivity index (χ2v) is 7.18. The maximum atomic E-state index is 12.1. The van der Waals surface area contributed by atoms with E-state index in [0.29, 0.717) is 23.6 Å². The largest absolute Gasteiger partial charge is 0.349 e. The molecule has 20 heavy (non-hydrogen) atoms. The number of carbonyl (C=O) groups excluding carboxylic acids is 1. The first-order valence-electron chi connectivity index (χ1n) is 6.34. The van der Waals surface area contributed by atoms with Gasteiger partial charge in [-0.05, 0) is 31.9 Å². The van der Waals surface area contributed by atoms with Crippen LogP contribution in [-0.2, 0) is 10.8 Å². The fraction of sp³-hybridized carbons (Fsp3) is 0.500. The number of nitrogens with two attached hydrogens (primary N) is 1. The van der Waals surface area contributed by atoms with Crippen molar-refractivity contribution < 1.29 is 9.00 Å². The molecule has 0 aromatic carbocycles. The maximum absolute atomic E-state index is 12.1. The first-order chi connectivity index (χ1) is 9.43. The second-order valence-electron chi connectivity index (χ2n) is 4.57. The van der Waals surface area contributed by atoms with E-state index in [0.717, 1.165) is 10.4 Å². The molecule has 1 aromatic rings. The van der Waals surface area contributed by atoms with Crippen LogP contribution in [0.5, 0.6) is 0 Å². The number of thiophene rings is 1. The van der Waals surface area contributed by atoms with Gasteiger partial charge in [-0.1, -0.05) is 11.8 Å². The highest BCUT2D eigenvalue weighted by molar-refractivity contribution is 7.84. The molecule has 2 atom stereocenters. The molecule has 110 valence electrons. The average Bonchev–Trinajstić information content (AvgIpc) is 2.75. The zero-order valence-electron chi connectivity index (χ0n) is 12.0. The Hall–Kier alpha value is -1.16. The number of nitrogens with one attached hydrogen (secondary N) is 1. The van der Waals surface area contributed by atoms with Gasteiger partial charge in [0.2, 0.25) is 0 Å². The SMILES string of the molecule is Cc1cc(C(=O)NC(C)CCS(C)=O)sc1C#CCN. The van der Waals surface area contributed by atoms with Gasteiger partial charge in [-0.3, -0.25) is 9.00 Å². The Morgan fingerprint density at radius 3 is 2.90 bits per heavy atom. The standard InChI is InChI=1S/C14H20N2O2S2/c1-10-9-13(19-12(10)5-4-7-15)14(17)16-11(2)6-8-20(3)18/h9,11H,6-8,15H2,1-3H3,(H,16,17). The van der Waals surface area contributed by atoms with Crippen molar-refractivity contribution in [3.63, 3.8) is 0 Å². The number of hydrogen-bond acceptors (Lipinski definition) is 4. The lowest BCUT2D eigenvalue weighted by Crippen LogP contribution is -2.33. The molecule has 1 aromatic heterocycles. The highest BCUT2D eigenvalue weighted by Crippen LogP contribution is 2.21. The molecule has 1 amide bonds. The summed E-state index contributed by atoms with van der Waals surface area (Å²) in [6, 6.07) is 1.85. The van der Waals surface area contributed by atoms with Gasteiger partial charge >= 0.3 is 0 Å². The molecule has 0 saturated carbocycles. The summed E-state index contributed by atoms with van der Waals surface area (Å²) in [5.41, 5.74) is 6.33. The van der Waals surface area contributed by atoms with Gasteiger partial charge in [0.15, 0.2) is 0 Å². The number of carbonyl (C=O) groups is 1. The van der Waals surface area contributed by atoms with Crippen molar-refractivity contribution in [2.75, 3.05) is 18.6 Å². The molecular formula is C14H20N2O2S2. The van der Waals surface area contributed by atoms with Crippen LogP contribution >= 0.6 is 11.3 Å². The summed E-state index contributed by atoms with van der Waals surface area (Å²) in [7, 11) is -0.828. The van der Waals surface area contributed by atoms with Crippen molar-refractivity contribution >= 4 is 28.0 Å². The molecule has 0 aliphatic rings. The molecular weight excluding hydrogens is 292 g/mol. The molecule has 0 bridgehead atoms. The monoisotopic (exact) mass is 312 g/mol. The Kier molecular flexibility index (Phi) is 6.93. The molecule has 6 heteroatoms. The van der Waals surface area contributed by atoms with E-state index in [1.54, 1.807) is 6.26 Å². The van der Waals surface area contributed by atoms with Crippen molar-refractivity contribution in [2.45, 2.75) is 26.3 Å². The Labute approximate surface area is 126 Å². The van der Waals surface area contributed by atoms with Crippen LogP contribution in [-0.4, -0.2) is 34.7 Å². The quantitative estimate of drug-likeness (QED) is 0.804. The van der Waals surface area contributed by atoms with E-state index in [1.165, 1.54) is 11.3 Å². The van der Waals surface area contributed by atoms with E-state index in [1.807, 2.05) is 19.9 Å². The van der Waals surface area contributed by atoms with Gasteiger partial charge < -0.3 is 11.1 Å². The second kappa shape index (κ2) is 8.20. The smallest absolute Gasteiger partial charge is 0.261 e. The summed E-state index contributed by atoms with van der Waals surface area (Å²) in [6.07, 6.45) is 2.37. The summed E-state index contributed by atoms with van der Waals surface area (Å²) in [5.74, 6) is 6.25. The Morgan fingerprint density at radius 2 is 2.30 bits per heavy atom. The van der Waals surface area contributed by atoms with Gasteiger partial charge in [0, 0.05) is 28.9 Å². The van der Waals surface area contributed by atoms with E-state index in [4.69, 9.17) is 5.73 Å². The highest BCUT2D eigenvalue weighted by atomic mass is 32.2. The molecule has 0 aliphatic carbocycles. The lowest BCUT2D eigenvalue weighted by molar-refractivity contribution is 0.0943. The first kappa shape index (κ1) is 16.9. The molecule has 1 heterocycles. The van der Waals surface area contributed by atoms with E-state index < -0.39 is 10.8 Å². The van der Waals surface area contributed by atoms with Crippen LogP contribution in [0.15, 0.2) is 6.07 Å². The third-order valence-electron chi connectivity index (χ3n) is 2.66. The fourth-order valence-corrected chi connectivity index (χ4v) is 3.20. The van der Waals surface area contributed by atoms with E-state index in [9.17, 15) is 9.00 Å². The minimum atomic E-state index is -0.828. The Morgan fingerprint density at radius 1 is 1.60 bits per heavy atom. The summed E-state index contributed by atoms with van der Waals surface area (Å²) in [4.78, 5) is 13.6. The molecule has 0 radical (unpaired) electrons. The van der Waals surface area contributed by atoms with Crippen LogP contribution in [0.3, 0.4) is 0 Å². The highest BCUT2D eigenvalue weighted by Gasteiger charge is 2.14. The lowest BCUT2D eigenvalue weighted by atomic mass is 10.2. The summed E-state index contributed by atoms with van der Waals surface area (Å²) < 4.78 is 11.0. The zero-order chi connectivity index (χ0) is 15.1. The van der Waals surface area contributed by atoms with E-state index in [2.05, 4.69) is 17.2 Å². The fourth-order valence-electron chi connectivity index (χ4n) is 1.56. The predicted octanol–water partition coefficient (Wildman–Crippen LogP) is 1.25. The third-order valence-corrected chi connectivity index (χ3v) is 4.62.